The number of halogens is 4. The Morgan fingerprint density at radius 3 is 2.35 bits per heavy atom. The van der Waals surface area contributed by atoms with Crippen LogP contribution in [0.1, 0.15) is 29.9 Å². The normalized spacial score (nSPS) is 20.1. The lowest BCUT2D eigenvalue weighted by Gasteiger charge is -2.35. The summed E-state index contributed by atoms with van der Waals surface area (Å²) in [6.45, 7) is 0.770. The third kappa shape index (κ3) is 3.33. The highest BCUT2D eigenvalue weighted by Gasteiger charge is 2.36. The zero-order valence-corrected chi connectivity index (χ0v) is 10.7. The first-order chi connectivity index (χ1) is 9.29. The van der Waals surface area contributed by atoms with Gasteiger partial charge in [0.25, 0.3) is 0 Å². The Kier molecular flexibility index (Phi) is 4.39. The summed E-state index contributed by atoms with van der Waals surface area (Å²) >= 11 is 0. The Balaban J connectivity index is 2.23. The van der Waals surface area contributed by atoms with Crippen molar-refractivity contribution in [2.24, 2.45) is 0 Å². The van der Waals surface area contributed by atoms with Gasteiger partial charge in [0, 0.05) is 13.1 Å². The van der Waals surface area contributed by atoms with Crippen LogP contribution >= 0.6 is 0 Å². The fraction of sp³-hybridized carbons (Fsp3) is 0.538. The van der Waals surface area contributed by atoms with E-state index in [1.165, 1.54) is 0 Å². The van der Waals surface area contributed by atoms with Gasteiger partial charge in [0.2, 0.25) is 0 Å². The first-order valence-corrected chi connectivity index (χ1v) is 6.33. The van der Waals surface area contributed by atoms with Gasteiger partial charge >= 0.3 is 6.18 Å². The molecule has 7 heteroatoms. The van der Waals surface area contributed by atoms with Gasteiger partial charge in [-0.05, 0) is 42.5 Å². The van der Waals surface area contributed by atoms with Gasteiger partial charge in [0.05, 0.1) is 11.7 Å². The molecule has 2 nitrogen and oxygen atoms in total. The monoisotopic (exact) mass is 287 g/mol. The first-order valence-electron chi connectivity index (χ1n) is 6.33. The van der Waals surface area contributed by atoms with Crippen molar-refractivity contribution in [1.82, 2.24) is 4.90 Å². The van der Waals surface area contributed by atoms with Crippen molar-refractivity contribution in [3.8, 4) is 0 Å². The van der Waals surface area contributed by atoms with Crippen LogP contribution in [0.5, 0.6) is 0 Å². The predicted octanol–water partition coefficient (Wildman–Crippen LogP) is 2.47. The molecule has 108 valence electrons. The number of alkyl halides is 3. The van der Waals surface area contributed by atoms with Crippen LogP contribution in [0.25, 0.3) is 0 Å². The molecule has 1 aromatic carbocycles. The number of piperidine rings is 1. The van der Waals surface area contributed by atoms with E-state index in [4.69, 9.17) is 7.85 Å². The smallest absolute Gasteiger partial charge is 0.388 e. The molecule has 1 saturated heterocycles. The Morgan fingerprint density at radius 1 is 1.25 bits per heavy atom. The van der Waals surface area contributed by atoms with Gasteiger partial charge in [-0.25, -0.2) is 4.39 Å². The molecule has 0 spiro atoms. The molecule has 1 unspecified atom stereocenters. The van der Waals surface area contributed by atoms with E-state index in [1.54, 1.807) is 4.90 Å². The lowest BCUT2D eigenvalue weighted by molar-refractivity contribution is -0.138. The van der Waals surface area contributed by atoms with Crippen LogP contribution in [-0.2, 0) is 6.18 Å². The third-order valence-electron chi connectivity index (χ3n) is 3.66. The Labute approximate surface area is 115 Å². The molecular weight excluding hydrogens is 273 g/mol. The summed E-state index contributed by atoms with van der Waals surface area (Å²) in [5.41, 5.74) is -0.797. The summed E-state index contributed by atoms with van der Waals surface area (Å²) in [5, 5.41) is 9.23. The third-order valence-corrected chi connectivity index (χ3v) is 3.66. The van der Waals surface area contributed by atoms with Crippen molar-refractivity contribution in [3.63, 3.8) is 0 Å². The molecule has 1 aromatic rings. The van der Waals surface area contributed by atoms with Crippen molar-refractivity contribution < 1.29 is 22.7 Å². The Hall–Kier alpha value is -1.08. The molecule has 0 aromatic heterocycles. The van der Waals surface area contributed by atoms with E-state index in [2.05, 4.69) is 0 Å². The number of benzene rings is 1. The molecule has 1 aliphatic rings. The quantitative estimate of drug-likeness (QED) is 0.667. The van der Waals surface area contributed by atoms with Gasteiger partial charge in [-0.2, -0.15) is 13.2 Å². The van der Waals surface area contributed by atoms with Crippen LogP contribution in [0.3, 0.4) is 0 Å². The van der Waals surface area contributed by atoms with Gasteiger partial charge in [-0.15, -0.1) is 0 Å². The minimum atomic E-state index is -4.49. The van der Waals surface area contributed by atoms with E-state index in [0.717, 1.165) is 18.2 Å². The van der Waals surface area contributed by atoms with Gasteiger partial charge in [-0.3, -0.25) is 4.90 Å². The average molecular weight is 287 g/mol. The Bertz CT molecular complexity index is 470. The lowest BCUT2D eigenvalue weighted by Crippen LogP contribution is -2.41. The zero-order valence-electron chi connectivity index (χ0n) is 10.7. The number of rotatable bonds is 2. The van der Waals surface area contributed by atoms with Crippen molar-refractivity contribution in [2.75, 3.05) is 13.1 Å². The highest BCUT2D eigenvalue weighted by molar-refractivity contribution is 6.10. The minimum Gasteiger partial charge on any atom is -0.388 e. The maximum Gasteiger partial charge on any atom is 0.416 e. The molecule has 20 heavy (non-hydrogen) atoms. The van der Waals surface area contributed by atoms with Crippen molar-refractivity contribution in [1.29, 1.82) is 0 Å². The van der Waals surface area contributed by atoms with Crippen LogP contribution in [0.4, 0.5) is 17.6 Å². The van der Waals surface area contributed by atoms with Crippen LogP contribution in [0, 0.1) is 5.82 Å². The SMILES string of the molecule is [B]C(O)N1CCC(c2cc(F)ccc2C(F)(F)F)CC1. The fourth-order valence-corrected chi connectivity index (χ4v) is 2.60. The molecule has 1 aliphatic heterocycles. The topological polar surface area (TPSA) is 23.5 Å². The lowest BCUT2D eigenvalue weighted by atomic mass is 9.85. The van der Waals surface area contributed by atoms with Gasteiger partial charge in [-0.1, -0.05) is 0 Å². The maximum absolute atomic E-state index is 13.3. The molecular formula is C13H14BF4NO. The van der Waals surface area contributed by atoms with Crippen LogP contribution in [-0.4, -0.2) is 37.1 Å². The summed E-state index contributed by atoms with van der Waals surface area (Å²) < 4.78 is 52.1. The van der Waals surface area contributed by atoms with Crippen molar-refractivity contribution in [3.05, 3.63) is 35.1 Å². The molecule has 1 N–H and O–H groups in total. The summed E-state index contributed by atoms with van der Waals surface area (Å²) in [4.78, 5) is 1.57. The summed E-state index contributed by atoms with van der Waals surface area (Å²) in [7, 11) is 5.32. The van der Waals surface area contributed by atoms with E-state index >= 15 is 0 Å². The van der Waals surface area contributed by atoms with Crippen molar-refractivity contribution in [2.45, 2.75) is 31.1 Å². The standard InChI is InChI=1S/C13H14BF4NO/c14-12(20)19-5-3-8(4-6-19)10-7-9(15)1-2-11(10)13(16,17)18/h1-2,7-8,12,20H,3-6H2. The molecule has 1 atom stereocenters. The molecule has 0 aliphatic carbocycles. The van der Waals surface area contributed by atoms with Crippen LogP contribution in [0.2, 0.25) is 0 Å². The second-order valence-electron chi connectivity index (χ2n) is 4.95. The van der Waals surface area contributed by atoms with Crippen molar-refractivity contribution >= 4 is 7.85 Å². The van der Waals surface area contributed by atoms with Gasteiger partial charge < -0.3 is 5.11 Å². The molecule has 0 saturated carbocycles. The molecule has 1 fully saturated rings. The highest BCUT2D eigenvalue weighted by atomic mass is 19.4. The second-order valence-corrected chi connectivity index (χ2v) is 4.95. The van der Waals surface area contributed by atoms with Crippen LogP contribution in [0.15, 0.2) is 18.2 Å². The van der Waals surface area contributed by atoms with E-state index < -0.39 is 23.7 Å². The molecule has 2 radical (unpaired) electrons. The van der Waals surface area contributed by atoms with Gasteiger partial charge in [0.1, 0.15) is 13.7 Å². The zero-order chi connectivity index (χ0) is 14.9. The molecule has 2 rings (SSSR count). The second kappa shape index (κ2) is 5.73. The Morgan fingerprint density at radius 2 is 1.85 bits per heavy atom. The minimum absolute atomic E-state index is 0.0105. The molecule has 0 bridgehead atoms. The van der Waals surface area contributed by atoms with E-state index in [0.29, 0.717) is 25.9 Å². The number of likely N-dealkylation sites (tertiary alicyclic amines) is 1. The summed E-state index contributed by atoms with van der Waals surface area (Å²) in [6.07, 6.45) is -4.79. The molecule has 0 amide bonds. The number of nitrogens with zero attached hydrogens (tertiary/aromatic N) is 1. The van der Waals surface area contributed by atoms with E-state index in [1.807, 2.05) is 0 Å². The van der Waals surface area contributed by atoms with Crippen LogP contribution < -0.4 is 0 Å². The largest absolute Gasteiger partial charge is 0.416 e. The number of aliphatic hydroxyl groups excluding tert-OH is 1. The highest BCUT2D eigenvalue weighted by Crippen LogP contribution is 2.39. The summed E-state index contributed by atoms with van der Waals surface area (Å²) in [6, 6.07) is 2.57. The van der Waals surface area contributed by atoms with Gasteiger partial charge in [0.15, 0.2) is 0 Å². The predicted molar refractivity (Wildman–Crippen MR) is 66.7 cm³/mol. The number of hydrogen-bond acceptors (Lipinski definition) is 2. The fourth-order valence-electron chi connectivity index (χ4n) is 2.60. The van der Waals surface area contributed by atoms with E-state index in [-0.39, 0.29) is 11.5 Å². The number of aliphatic hydroxyl groups is 1. The maximum atomic E-state index is 13.3. The average Bonchev–Trinajstić information content (AvgIpc) is 2.37. The summed E-state index contributed by atoms with van der Waals surface area (Å²) in [5.74, 6) is -1.05. The number of hydrogen-bond donors (Lipinski definition) is 1. The van der Waals surface area contributed by atoms with E-state index in [9.17, 15) is 22.7 Å². The molecule has 1 heterocycles. The first kappa shape index (κ1) is 15.3.